The molecule has 22 heavy (non-hydrogen) atoms. The number of carbonyl (C=O) groups excluding carboxylic acids is 1. The lowest BCUT2D eigenvalue weighted by molar-refractivity contribution is -0.137. The molecule has 0 saturated carbocycles. The van der Waals surface area contributed by atoms with E-state index in [0.717, 1.165) is 16.6 Å². The van der Waals surface area contributed by atoms with Crippen LogP contribution in [0.3, 0.4) is 0 Å². The van der Waals surface area contributed by atoms with E-state index in [9.17, 15) is 18.0 Å². The molecule has 0 aromatic heterocycles. The summed E-state index contributed by atoms with van der Waals surface area (Å²) in [5, 5.41) is 2.66. The molecule has 0 unspecified atom stereocenters. The Labute approximate surface area is 142 Å². The summed E-state index contributed by atoms with van der Waals surface area (Å²) >= 11 is 6.59. The van der Waals surface area contributed by atoms with E-state index >= 15 is 0 Å². The number of anilines is 1. The fourth-order valence-corrected chi connectivity index (χ4v) is 2.54. The average Bonchev–Trinajstić information content (AvgIpc) is 2.42. The molecule has 7 heteroatoms. The fourth-order valence-electron chi connectivity index (χ4n) is 1.83. The Bertz CT molecular complexity index is 701. The Kier molecular flexibility index (Phi) is 5.28. The van der Waals surface area contributed by atoms with Crippen molar-refractivity contribution in [2.75, 3.05) is 5.32 Å². The number of hydrogen-bond acceptors (Lipinski definition) is 1. The van der Waals surface area contributed by atoms with Gasteiger partial charge in [-0.2, -0.15) is 13.2 Å². The summed E-state index contributed by atoms with van der Waals surface area (Å²) in [5.41, 5.74) is 0.0891. The zero-order valence-corrected chi connectivity index (χ0v) is 14.2. The number of hydrogen-bond donors (Lipinski definition) is 1. The molecule has 0 heterocycles. The van der Waals surface area contributed by atoms with E-state index in [4.69, 9.17) is 0 Å². The van der Waals surface area contributed by atoms with Gasteiger partial charge in [0.15, 0.2) is 0 Å². The minimum Gasteiger partial charge on any atom is -0.325 e. The summed E-state index contributed by atoms with van der Waals surface area (Å²) in [6, 6.07) is 10.00. The molecule has 0 radical (unpaired) electrons. The molecule has 2 aromatic carbocycles. The largest absolute Gasteiger partial charge is 0.416 e. The number of carbonyl (C=O) groups is 1. The molecule has 0 aliphatic carbocycles. The highest BCUT2D eigenvalue weighted by molar-refractivity contribution is 9.11. The average molecular weight is 437 g/mol. The van der Waals surface area contributed by atoms with Crippen molar-refractivity contribution in [2.24, 2.45) is 0 Å². The normalized spacial score (nSPS) is 11.3. The van der Waals surface area contributed by atoms with Crippen LogP contribution in [0.1, 0.15) is 11.1 Å². The van der Waals surface area contributed by atoms with E-state index in [1.54, 1.807) is 18.2 Å². The Morgan fingerprint density at radius 3 is 2.50 bits per heavy atom. The van der Waals surface area contributed by atoms with Crippen LogP contribution in [-0.4, -0.2) is 5.91 Å². The lowest BCUT2D eigenvalue weighted by atomic mass is 10.1. The molecule has 0 aliphatic heterocycles. The van der Waals surface area contributed by atoms with E-state index < -0.39 is 17.6 Å². The molecule has 0 aliphatic rings. The van der Waals surface area contributed by atoms with Crippen molar-refractivity contribution in [3.05, 3.63) is 62.5 Å². The van der Waals surface area contributed by atoms with E-state index in [1.807, 2.05) is 0 Å². The second-order valence-electron chi connectivity index (χ2n) is 4.55. The van der Waals surface area contributed by atoms with Crippen molar-refractivity contribution in [3.63, 3.8) is 0 Å². The van der Waals surface area contributed by atoms with Crippen LogP contribution in [0.4, 0.5) is 18.9 Å². The van der Waals surface area contributed by atoms with E-state index in [2.05, 4.69) is 37.2 Å². The summed E-state index contributed by atoms with van der Waals surface area (Å²) < 4.78 is 39.4. The van der Waals surface area contributed by atoms with Crippen LogP contribution >= 0.6 is 31.9 Å². The molecule has 2 aromatic rings. The van der Waals surface area contributed by atoms with Gasteiger partial charge in [-0.15, -0.1) is 0 Å². The minimum atomic E-state index is -4.42. The highest BCUT2D eigenvalue weighted by Crippen LogP contribution is 2.30. The summed E-state index contributed by atoms with van der Waals surface area (Å²) in [6.07, 6.45) is -4.55. The monoisotopic (exact) mass is 435 g/mol. The van der Waals surface area contributed by atoms with Gasteiger partial charge in [-0.05, 0) is 45.8 Å². The second kappa shape index (κ2) is 6.83. The minimum absolute atomic E-state index is 0.136. The maximum absolute atomic E-state index is 12.6. The van der Waals surface area contributed by atoms with Crippen molar-refractivity contribution >= 4 is 43.5 Å². The highest BCUT2D eigenvalue weighted by Gasteiger charge is 2.30. The topological polar surface area (TPSA) is 29.1 Å². The molecule has 2 rings (SSSR count). The molecule has 2 nitrogen and oxygen atoms in total. The maximum Gasteiger partial charge on any atom is 0.416 e. The molecular weight excluding hydrogens is 427 g/mol. The lowest BCUT2D eigenvalue weighted by Crippen LogP contribution is -2.15. The summed E-state index contributed by atoms with van der Waals surface area (Å²) in [5.74, 6) is -0.391. The van der Waals surface area contributed by atoms with E-state index in [-0.39, 0.29) is 6.42 Å². The van der Waals surface area contributed by atoms with Gasteiger partial charge < -0.3 is 5.32 Å². The number of alkyl halides is 3. The SMILES string of the molecule is O=C(Cc1cccc(C(F)(F)F)c1)Nc1cc(Br)ccc1Br. The van der Waals surface area contributed by atoms with Gasteiger partial charge in [0.05, 0.1) is 17.7 Å². The Balaban J connectivity index is 2.11. The Morgan fingerprint density at radius 1 is 1.09 bits per heavy atom. The molecule has 0 fully saturated rings. The predicted octanol–water partition coefficient (Wildman–Crippen LogP) is 5.41. The quantitative estimate of drug-likeness (QED) is 0.684. The van der Waals surface area contributed by atoms with Crippen LogP contribution in [0.15, 0.2) is 51.4 Å². The molecule has 0 bridgehead atoms. The maximum atomic E-state index is 12.6. The summed E-state index contributed by atoms with van der Waals surface area (Å²) in [7, 11) is 0. The fraction of sp³-hybridized carbons (Fsp3) is 0.133. The molecule has 1 amide bonds. The molecule has 0 saturated heterocycles. The standard InChI is InChI=1S/C15H10Br2F3NO/c16-11-4-5-12(17)13(8-11)21-14(22)7-9-2-1-3-10(6-9)15(18,19)20/h1-6,8H,7H2,(H,21,22). The first-order chi connectivity index (χ1) is 10.3. The van der Waals surface area contributed by atoms with Gasteiger partial charge >= 0.3 is 6.18 Å². The molecule has 1 N–H and O–H groups in total. The zero-order valence-electron chi connectivity index (χ0n) is 11.0. The van der Waals surface area contributed by atoms with Crippen molar-refractivity contribution in [1.82, 2.24) is 0 Å². The van der Waals surface area contributed by atoms with Gasteiger partial charge in [0.1, 0.15) is 0 Å². The van der Waals surface area contributed by atoms with Crippen molar-refractivity contribution in [2.45, 2.75) is 12.6 Å². The van der Waals surface area contributed by atoms with Gasteiger partial charge in [0.25, 0.3) is 0 Å². The first kappa shape index (κ1) is 17.0. The Hall–Kier alpha value is -1.34. The number of benzene rings is 2. The third-order valence-corrected chi connectivity index (χ3v) is 4.01. The molecule has 116 valence electrons. The van der Waals surface area contributed by atoms with Gasteiger partial charge in [0, 0.05) is 8.95 Å². The zero-order chi connectivity index (χ0) is 16.3. The van der Waals surface area contributed by atoms with Crippen molar-refractivity contribution in [3.8, 4) is 0 Å². The van der Waals surface area contributed by atoms with Crippen LogP contribution in [0.5, 0.6) is 0 Å². The van der Waals surface area contributed by atoms with Crippen LogP contribution < -0.4 is 5.32 Å². The van der Waals surface area contributed by atoms with Crippen LogP contribution in [0, 0.1) is 0 Å². The number of nitrogens with one attached hydrogen (secondary N) is 1. The first-order valence-electron chi connectivity index (χ1n) is 6.17. The first-order valence-corrected chi connectivity index (χ1v) is 7.75. The predicted molar refractivity (Wildman–Crippen MR) is 85.6 cm³/mol. The van der Waals surface area contributed by atoms with Crippen LogP contribution in [-0.2, 0) is 17.4 Å². The van der Waals surface area contributed by atoms with Gasteiger partial charge in [-0.1, -0.05) is 34.1 Å². The van der Waals surface area contributed by atoms with Crippen LogP contribution in [0.25, 0.3) is 0 Å². The second-order valence-corrected chi connectivity index (χ2v) is 6.32. The van der Waals surface area contributed by atoms with Crippen LogP contribution in [0.2, 0.25) is 0 Å². The lowest BCUT2D eigenvalue weighted by Gasteiger charge is -2.10. The molecule has 0 atom stereocenters. The van der Waals surface area contributed by atoms with Crippen molar-refractivity contribution in [1.29, 1.82) is 0 Å². The van der Waals surface area contributed by atoms with E-state index in [1.165, 1.54) is 12.1 Å². The molecular formula is C15H10Br2F3NO. The van der Waals surface area contributed by atoms with Crippen molar-refractivity contribution < 1.29 is 18.0 Å². The summed E-state index contributed by atoms with van der Waals surface area (Å²) in [4.78, 5) is 12.0. The third-order valence-electron chi connectivity index (χ3n) is 2.82. The molecule has 0 spiro atoms. The van der Waals surface area contributed by atoms with Gasteiger partial charge in [-0.25, -0.2) is 0 Å². The number of rotatable bonds is 3. The summed E-state index contributed by atoms with van der Waals surface area (Å²) in [6.45, 7) is 0. The Morgan fingerprint density at radius 2 is 1.82 bits per heavy atom. The number of halogens is 5. The highest BCUT2D eigenvalue weighted by atomic mass is 79.9. The smallest absolute Gasteiger partial charge is 0.325 e. The number of amides is 1. The van der Waals surface area contributed by atoms with Gasteiger partial charge in [0.2, 0.25) is 5.91 Å². The van der Waals surface area contributed by atoms with E-state index in [0.29, 0.717) is 15.7 Å². The third kappa shape index (κ3) is 4.58. The van der Waals surface area contributed by atoms with Gasteiger partial charge in [-0.3, -0.25) is 4.79 Å².